The van der Waals surface area contributed by atoms with Crippen molar-refractivity contribution in [2.24, 2.45) is 11.8 Å². The molecule has 0 saturated carbocycles. The summed E-state index contributed by atoms with van der Waals surface area (Å²) >= 11 is 0. The third kappa shape index (κ3) is 5.79. The van der Waals surface area contributed by atoms with Crippen LogP contribution < -0.4 is 0 Å². The van der Waals surface area contributed by atoms with E-state index in [1.807, 2.05) is 6.08 Å². The van der Waals surface area contributed by atoms with Gasteiger partial charge in [-0.2, -0.15) is 0 Å². The Bertz CT molecular complexity index is 691. The van der Waals surface area contributed by atoms with Crippen LogP contribution in [0, 0.1) is 18.8 Å². The second kappa shape index (κ2) is 10.0. The predicted octanol–water partition coefficient (Wildman–Crippen LogP) is 4.45. The van der Waals surface area contributed by atoms with Gasteiger partial charge in [0.1, 0.15) is 0 Å². The van der Waals surface area contributed by atoms with Crippen molar-refractivity contribution in [3.05, 3.63) is 59.7 Å². The highest BCUT2D eigenvalue weighted by atomic mass is 16.5. The fraction of sp³-hybridized carbons (Fsp3) is 0.542. The molecular formula is C24H32O4. The summed E-state index contributed by atoms with van der Waals surface area (Å²) in [5, 5.41) is 19.1. The van der Waals surface area contributed by atoms with Crippen LogP contribution in [0.25, 0.3) is 0 Å². The summed E-state index contributed by atoms with van der Waals surface area (Å²) in [5.41, 5.74) is 2.37. The topological polar surface area (TPSA) is 66.8 Å². The number of aliphatic hydroxyl groups excluding tert-OH is 1. The molecule has 2 heterocycles. The number of carboxylic acid groups (broad SMARTS) is 1. The number of allylic oxidation sites excluding steroid dienone is 2. The molecule has 0 spiro atoms. The van der Waals surface area contributed by atoms with Crippen LogP contribution in [0.3, 0.4) is 0 Å². The second-order valence-corrected chi connectivity index (χ2v) is 8.17. The highest BCUT2D eigenvalue weighted by molar-refractivity contribution is 5.66. The van der Waals surface area contributed by atoms with E-state index in [-0.39, 0.29) is 12.5 Å². The molecule has 4 nitrogen and oxygen atoms in total. The van der Waals surface area contributed by atoms with Gasteiger partial charge in [-0.25, -0.2) is 0 Å². The Hall–Kier alpha value is -1.91. The fourth-order valence-corrected chi connectivity index (χ4v) is 4.42. The number of rotatable bonds is 10. The third-order valence-corrected chi connectivity index (χ3v) is 5.94. The van der Waals surface area contributed by atoms with Gasteiger partial charge in [0.25, 0.3) is 0 Å². The minimum absolute atomic E-state index is 0.228. The first kappa shape index (κ1) is 20.8. The summed E-state index contributed by atoms with van der Waals surface area (Å²) in [6.07, 6.45) is 14.1. The zero-order valence-electron chi connectivity index (χ0n) is 16.7. The van der Waals surface area contributed by atoms with E-state index >= 15 is 0 Å². The number of unbranched alkanes of at least 4 members (excludes halogenated alkanes) is 1. The van der Waals surface area contributed by atoms with Gasteiger partial charge in [-0.05, 0) is 50.5 Å². The quantitative estimate of drug-likeness (QED) is 0.462. The van der Waals surface area contributed by atoms with Crippen molar-refractivity contribution in [3.8, 4) is 0 Å². The van der Waals surface area contributed by atoms with Crippen LogP contribution in [0.1, 0.15) is 49.7 Å². The molecule has 2 aliphatic heterocycles. The van der Waals surface area contributed by atoms with Gasteiger partial charge in [-0.15, -0.1) is 0 Å². The Morgan fingerprint density at radius 1 is 1.21 bits per heavy atom. The molecule has 152 valence electrons. The van der Waals surface area contributed by atoms with Crippen LogP contribution in [-0.2, 0) is 16.0 Å². The molecule has 0 aromatic heterocycles. The normalized spacial score (nSPS) is 27.8. The van der Waals surface area contributed by atoms with Crippen LogP contribution in [-0.4, -0.2) is 34.5 Å². The zero-order valence-corrected chi connectivity index (χ0v) is 16.7. The van der Waals surface area contributed by atoms with E-state index in [4.69, 9.17) is 9.84 Å². The van der Waals surface area contributed by atoms with E-state index in [2.05, 4.69) is 49.4 Å². The van der Waals surface area contributed by atoms with E-state index in [1.165, 1.54) is 5.56 Å². The van der Waals surface area contributed by atoms with Gasteiger partial charge >= 0.3 is 5.97 Å². The number of hydrogen-bond acceptors (Lipinski definition) is 3. The van der Waals surface area contributed by atoms with Gasteiger partial charge in [-0.1, -0.05) is 54.1 Å². The molecule has 0 radical (unpaired) electrons. The predicted molar refractivity (Wildman–Crippen MR) is 110 cm³/mol. The van der Waals surface area contributed by atoms with Gasteiger partial charge in [-0.3, -0.25) is 4.79 Å². The highest BCUT2D eigenvalue weighted by Gasteiger charge is 2.46. The van der Waals surface area contributed by atoms with Crippen molar-refractivity contribution in [3.63, 3.8) is 0 Å². The average molecular weight is 385 g/mol. The lowest BCUT2D eigenvalue weighted by Crippen LogP contribution is -2.25. The lowest BCUT2D eigenvalue weighted by atomic mass is 9.77. The van der Waals surface area contributed by atoms with Crippen LogP contribution in [0.4, 0.5) is 0 Å². The first-order valence-corrected chi connectivity index (χ1v) is 10.5. The Morgan fingerprint density at radius 2 is 1.96 bits per heavy atom. The molecule has 1 aromatic rings. The molecule has 2 bridgehead atoms. The molecule has 4 heteroatoms. The summed E-state index contributed by atoms with van der Waals surface area (Å²) in [5.74, 6) is 0.0803. The molecular weight excluding hydrogens is 352 g/mol. The first-order chi connectivity index (χ1) is 13.5. The maximum atomic E-state index is 10.6. The van der Waals surface area contributed by atoms with E-state index in [9.17, 15) is 9.90 Å². The van der Waals surface area contributed by atoms with Crippen LogP contribution in [0.15, 0.2) is 48.6 Å². The molecule has 0 aliphatic carbocycles. The standard InChI is InChI=1S/C24H32O4/c1-17-8-10-18(11-9-17)16-19(25)12-13-21-20(22-14-15-23(21)28-22)6-4-2-3-5-7-24(26)27/h2,4,8-13,19-23,25H,3,5-7,14-16H2,1H3,(H,26,27)/b4-2-,13-12+/t19?,20-,21+,22-,23+/m1/s1. The van der Waals surface area contributed by atoms with Crippen molar-refractivity contribution in [2.45, 2.75) is 70.2 Å². The van der Waals surface area contributed by atoms with Crippen molar-refractivity contribution < 1.29 is 19.7 Å². The number of ether oxygens (including phenoxy) is 1. The zero-order chi connectivity index (χ0) is 19.9. The number of hydrogen-bond donors (Lipinski definition) is 2. The smallest absolute Gasteiger partial charge is 0.303 e. The van der Waals surface area contributed by atoms with Crippen LogP contribution in [0.2, 0.25) is 0 Å². The number of carboxylic acids is 1. The summed E-state index contributed by atoms with van der Waals surface area (Å²) in [6.45, 7) is 2.07. The fourth-order valence-electron chi connectivity index (χ4n) is 4.42. The van der Waals surface area contributed by atoms with Crippen molar-refractivity contribution in [2.75, 3.05) is 0 Å². The third-order valence-electron chi connectivity index (χ3n) is 5.94. The Balaban J connectivity index is 1.50. The molecule has 28 heavy (non-hydrogen) atoms. The van der Waals surface area contributed by atoms with Gasteiger partial charge in [0.05, 0.1) is 18.3 Å². The largest absolute Gasteiger partial charge is 0.481 e. The number of aliphatic carboxylic acids is 1. The van der Waals surface area contributed by atoms with E-state index in [1.54, 1.807) is 0 Å². The summed E-state index contributed by atoms with van der Waals surface area (Å²) in [7, 11) is 0. The van der Waals surface area contributed by atoms with Crippen LogP contribution >= 0.6 is 0 Å². The molecule has 2 aliphatic rings. The van der Waals surface area contributed by atoms with E-state index in [0.717, 1.165) is 31.2 Å². The van der Waals surface area contributed by atoms with Crippen molar-refractivity contribution in [1.82, 2.24) is 0 Å². The SMILES string of the molecule is Cc1ccc(CC(O)/C=C/[C@H]2[C@@H](C/C=C\CCCC(=O)O)[C@H]3CC[C@@H]2O3)cc1. The molecule has 2 fully saturated rings. The maximum Gasteiger partial charge on any atom is 0.303 e. The molecule has 3 rings (SSSR count). The molecule has 2 N–H and O–H groups in total. The minimum Gasteiger partial charge on any atom is -0.481 e. The number of benzene rings is 1. The van der Waals surface area contributed by atoms with E-state index < -0.39 is 12.1 Å². The lowest BCUT2D eigenvalue weighted by molar-refractivity contribution is -0.137. The number of carbonyl (C=O) groups is 1. The summed E-state index contributed by atoms with van der Waals surface area (Å²) < 4.78 is 6.13. The number of aryl methyl sites for hydroxylation is 1. The Kier molecular flexibility index (Phi) is 7.46. The van der Waals surface area contributed by atoms with Gasteiger partial charge in [0.2, 0.25) is 0 Å². The maximum absolute atomic E-state index is 10.6. The number of aliphatic hydroxyl groups is 1. The Labute approximate surface area is 167 Å². The monoisotopic (exact) mass is 384 g/mol. The first-order valence-electron chi connectivity index (χ1n) is 10.5. The molecule has 1 aromatic carbocycles. The van der Waals surface area contributed by atoms with Gasteiger partial charge < -0.3 is 14.9 Å². The van der Waals surface area contributed by atoms with Crippen molar-refractivity contribution >= 4 is 5.97 Å². The molecule has 2 saturated heterocycles. The van der Waals surface area contributed by atoms with E-state index in [0.29, 0.717) is 30.8 Å². The average Bonchev–Trinajstić information content (AvgIpc) is 3.26. The molecule has 1 unspecified atom stereocenters. The highest BCUT2D eigenvalue weighted by Crippen LogP contribution is 2.45. The second-order valence-electron chi connectivity index (χ2n) is 8.17. The molecule has 0 amide bonds. The number of fused-ring (bicyclic) bond motifs is 2. The van der Waals surface area contributed by atoms with Gasteiger partial charge in [0.15, 0.2) is 0 Å². The Morgan fingerprint density at radius 3 is 2.71 bits per heavy atom. The summed E-state index contributed by atoms with van der Waals surface area (Å²) in [6, 6.07) is 8.30. The minimum atomic E-state index is -0.732. The van der Waals surface area contributed by atoms with Crippen LogP contribution in [0.5, 0.6) is 0 Å². The summed E-state index contributed by atoms with van der Waals surface area (Å²) in [4.78, 5) is 10.6. The van der Waals surface area contributed by atoms with Gasteiger partial charge in [0, 0.05) is 18.8 Å². The molecule has 5 atom stereocenters. The lowest BCUT2D eigenvalue weighted by Gasteiger charge is -2.25. The van der Waals surface area contributed by atoms with Crippen molar-refractivity contribution in [1.29, 1.82) is 0 Å².